The number of morpholine rings is 1. The SMILES string of the molecule is CCc1cc([C@@H](c2ccc(C)cc2)N2CCOCC2)c(NC(=O)c2ccco2)s1. The summed E-state index contributed by atoms with van der Waals surface area (Å²) in [6.07, 6.45) is 2.45. The van der Waals surface area contributed by atoms with Crippen LogP contribution in [0.5, 0.6) is 0 Å². The van der Waals surface area contributed by atoms with Gasteiger partial charge in [-0.1, -0.05) is 36.8 Å². The number of carbonyl (C=O) groups is 1. The standard InChI is InChI=1S/C23H26N2O3S/c1-3-18-15-19(23(29-18)24-22(26)20-5-4-12-28-20)21(25-10-13-27-14-11-25)17-8-6-16(2)7-9-17/h4-9,12,15,21H,3,10-11,13-14H2,1-2H3,(H,24,26)/t21-/m1/s1. The van der Waals surface area contributed by atoms with Gasteiger partial charge in [-0.25, -0.2) is 0 Å². The topological polar surface area (TPSA) is 54.7 Å². The van der Waals surface area contributed by atoms with E-state index in [4.69, 9.17) is 9.15 Å². The summed E-state index contributed by atoms with van der Waals surface area (Å²) in [5.74, 6) is 0.103. The van der Waals surface area contributed by atoms with E-state index >= 15 is 0 Å². The Morgan fingerprint density at radius 3 is 2.62 bits per heavy atom. The Morgan fingerprint density at radius 1 is 1.21 bits per heavy atom. The summed E-state index contributed by atoms with van der Waals surface area (Å²) < 4.78 is 10.9. The van der Waals surface area contributed by atoms with Gasteiger partial charge in [0.1, 0.15) is 5.00 Å². The van der Waals surface area contributed by atoms with Crippen LogP contribution in [-0.2, 0) is 11.2 Å². The molecular formula is C23H26N2O3S. The molecule has 0 saturated carbocycles. The Hall–Kier alpha value is -2.41. The van der Waals surface area contributed by atoms with Crippen molar-refractivity contribution >= 4 is 22.2 Å². The van der Waals surface area contributed by atoms with E-state index in [0.29, 0.717) is 5.76 Å². The normalized spacial score (nSPS) is 15.9. The molecule has 1 atom stereocenters. The molecule has 5 nitrogen and oxygen atoms in total. The average Bonchev–Trinajstić information content (AvgIpc) is 3.41. The van der Waals surface area contributed by atoms with Crippen molar-refractivity contribution in [3.8, 4) is 0 Å². The molecule has 4 rings (SSSR count). The highest BCUT2D eigenvalue weighted by Gasteiger charge is 2.28. The van der Waals surface area contributed by atoms with Crippen LogP contribution in [0.3, 0.4) is 0 Å². The molecule has 0 spiro atoms. The van der Waals surface area contributed by atoms with Crippen LogP contribution < -0.4 is 5.32 Å². The summed E-state index contributed by atoms with van der Waals surface area (Å²) in [7, 11) is 0. The zero-order valence-corrected chi connectivity index (χ0v) is 17.6. The van der Waals surface area contributed by atoms with Gasteiger partial charge in [0.05, 0.1) is 25.5 Å². The number of anilines is 1. The van der Waals surface area contributed by atoms with E-state index in [-0.39, 0.29) is 11.9 Å². The molecule has 1 fully saturated rings. The highest BCUT2D eigenvalue weighted by Crippen LogP contribution is 2.40. The molecule has 0 unspecified atom stereocenters. The fourth-order valence-electron chi connectivity index (χ4n) is 3.68. The largest absolute Gasteiger partial charge is 0.459 e. The molecule has 0 bridgehead atoms. The number of aryl methyl sites for hydroxylation is 2. The molecule has 29 heavy (non-hydrogen) atoms. The number of rotatable bonds is 6. The van der Waals surface area contributed by atoms with Gasteiger partial charge in [0.2, 0.25) is 0 Å². The monoisotopic (exact) mass is 410 g/mol. The molecular weight excluding hydrogens is 384 g/mol. The summed E-state index contributed by atoms with van der Waals surface area (Å²) in [5, 5.41) is 3.99. The van der Waals surface area contributed by atoms with Crippen molar-refractivity contribution < 1.29 is 13.9 Å². The first kappa shape index (κ1) is 19.9. The molecule has 1 amide bonds. The Bertz CT molecular complexity index is 941. The van der Waals surface area contributed by atoms with Crippen molar-refractivity contribution in [1.82, 2.24) is 4.90 Å². The number of ether oxygens (including phenoxy) is 1. The van der Waals surface area contributed by atoms with Gasteiger partial charge in [-0.2, -0.15) is 0 Å². The predicted octanol–water partition coefficient (Wildman–Crippen LogP) is 4.89. The molecule has 1 aliphatic heterocycles. The van der Waals surface area contributed by atoms with Crippen LogP contribution in [0.1, 0.15) is 45.1 Å². The van der Waals surface area contributed by atoms with Crippen molar-refractivity contribution in [1.29, 1.82) is 0 Å². The summed E-state index contributed by atoms with van der Waals surface area (Å²) in [5.41, 5.74) is 3.60. The fraction of sp³-hybridized carbons (Fsp3) is 0.348. The second-order valence-corrected chi connectivity index (χ2v) is 8.38. The molecule has 3 heterocycles. The van der Waals surface area contributed by atoms with E-state index in [0.717, 1.165) is 43.3 Å². The van der Waals surface area contributed by atoms with E-state index < -0.39 is 0 Å². The molecule has 1 aliphatic rings. The van der Waals surface area contributed by atoms with E-state index in [1.807, 2.05) is 0 Å². The zero-order chi connectivity index (χ0) is 20.2. The number of benzene rings is 1. The second-order valence-electron chi connectivity index (χ2n) is 7.24. The summed E-state index contributed by atoms with van der Waals surface area (Å²) in [6, 6.07) is 14.4. The Balaban J connectivity index is 1.73. The van der Waals surface area contributed by atoms with E-state index in [9.17, 15) is 4.79 Å². The summed E-state index contributed by atoms with van der Waals surface area (Å²) in [6.45, 7) is 7.41. The average molecular weight is 411 g/mol. The highest BCUT2D eigenvalue weighted by molar-refractivity contribution is 7.16. The maximum Gasteiger partial charge on any atom is 0.291 e. The third-order valence-corrected chi connectivity index (χ3v) is 6.44. The van der Waals surface area contributed by atoms with Crippen LogP contribution in [0.2, 0.25) is 0 Å². The Morgan fingerprint density at radius 2 is 1.97 bits per heavy atom. The van der Waals surface area contributed by atoms with Gasteiger partial charge in [-0.3, -0.25) is 9.69 Å². The van der Waals surface area contributed by atoms with Gasteiger partial charge in [0.25, 0.3) is 5.91 Å². The number of hydrogen-bond acceptors (Lipinski definition) is 5. The first-order valence-electron chi connectivity index (χ1n) is 10.0. The van der Waals surface area contributed by atoms with Crippen molar-refractivity contribution in [2.24, 2.45) is 0 Å². The van der Waals surface area contributed by atoms with Crippen LogP contribution >= 0.6 is 11.3 Å². The number of nitrogens with zero attached hydrogens (tertiary/aromatic N) is 1. The second kappa shape index (κ2) is 8.95. The highest BCUT2D eigenvalue weighted by atomic mass is 32.1. The lowest BCUT2D eigenvalue weighted by molar-refractivity contribution is 0.0241. The number of carbonyl (C=O) groups excluding carboxylic acids is 1. The molecule has 1 saturated heterocycles. The lowest BCUT2D eigenvalue weighted by Gasteiger charge is -2.35. The van der Waals surface area contributed by atoms with Gasteiger partial charge in [0, 0.05) is 23.5 Å². The van der Waals surface area contributed by atoms with Crippen LogP contribution in [0.25, 0.3) is 0 Å². The van der Waals surface area contributed by atoms with Crippen molar-refractivity contribution in [3.63, 3.8) is 0 Å². The number of nitrogens with one attached hydrogen (secondary N) is 1. The minimum atomic E-state index is -0.217. The molecule has 0 aliphatic carbocycles. The first-order chi connectivity index (χ1) is 14.2. The number of hydrogen-bond donors (Lipinski definition) is 1. The number of amides is 1. The summed E-state index contributed by atoms with van der Waals surface area (Å²) >= 11 is 1.64. The Kier molecular flexibility index (Phi) is 6.13. The first-order valence-corrected chi connectivity index (χ1v) is 10.8. The van der Waals surface area contributed by atoms with Gasteiger partial charge in [-0.05, 0) is 37.1 Å². The van der Waals surface area contributed by atoms with Crippen molar-refractivity contribution in [2.75, 3.05) is 31.6 Å². The summed E-state index contributed by atoms with van der Waals surface area (Å²) in [4.78, 5) is 16.4. The zero-order valence-electron chi connectivity index (χ0n) is 16.8. The fourth-order valence-corrected chi connectivity index (χ4v) is 4.70. The molecule has 1 N–H and O–H groups in total. The number of furan rings is 1. The van der Waals surface area contributed by atoms with E-state index in [1.165, 1.54) is 22.3 Å². The van der Waals surface area contributed by atoms with Gasteiger partial charge < -0.3 is 14.5 Å². The minimum absolute atomic E-state index is 0.0722. The van der Waals surface area contributed by atoms with Crippen molar-refractivity contribution in [2.45, 2.75) is 26.3 Å². The molecule has 6 heteroatoms. The maximum absolute atomic E-state index is 12.7. The van der Waals surface area contributed by atoms with Gasteiger partial charge >= 0.3 is 0 Å². The third-order valence-electron chi connectivity index (χ3n) is 5.23. The molecule has 2 aromatic heterocycles. The van der Waals surface area contributed by atoms with Gasteiger partial charge in [-0.15, -0.1) is 11.3 Å². The third kappa shape index (κ3) is 4.45. The van der Waals surface area contributed by atoms with E-state index in [1.54, 1.807) is 23.5 Å². The maximum atomic E-state index is 12.7. The van der Waals surface area contributed by atoms with Crippen LogP contribution in [0.15, 0.2) is 53.1 Å². The van der Waals surface area contributed by atoms with Crippen LogP contribution in [-0.4, -0.2) is 37.1 Å². The molecule has 1 aromatic carbocycles. The molecule has 0 radical (unpaired) electrons. The van der Waals surface area contributed by atoms with Crippen LogP contribution in [0, 0.1) is 6.92 Å². The smallest absolute Gasteiger partial charge is 0.291 e. The van der Waals surface area contributed by atoms with Crippen molar-refractivity contribution in [3.05, 3.63) is 76.1 Å². The lowest BCUT2D eigenvalue weighted by Crippen LogP contribution is -2.39. The van der Waals surface area contributed by atoms with Crippen LogP contribution in [0.4, 0.5) is 5.00 Å². The predicted molar refractivity (Wildman–Crippen MR) is 116 cm³/mol. The quantitative estimate of drug-likeness (QED) is 0.629. The lowest BCUT2D eigenvalue weighted by atomic mass is 9.96. The Labute approximate surface area is 175 Å². The molecule has 152 valence electrons. The van der Waals surface area contributed by atoms with Gasteiger partial charge in [0.15, 0.2) is 5.76 Å². The minimum Gasteiger partial charge on any atom is -0.459 e. The van der Waals surface area contributed by atoms with E-state index in [2.05, 4.69) is 54.4 Å². The molecule has 3 aromatic rings. The number of thiophene rings is 1.